The van der Waals surface area contributed by atoms with Crippen LogP contribution >= 0.6 is 0 Å². The summed E-state index contributed by atoms with van der Waals surface area (Å²) in [7, 11) is 0. The molecule has 188 valence electrons. The zero-order valence-corrected chi connectivity index (χ0v) is 21.9. The fourth-order valence-corrected chi connectivity index (χ4v) is 8.58. The Hall–Kier alpha value is -2.01. The number of carbonyl (C=O) groups excluding carboxylic acids is 1. The average molecular weight is 476 g/mol. The van der Waals surface area contributed by atoms with E-state index in [1.165, 1.54) is 52.0 Å². The molecule has 1 aliphatic heterocycles. The molecule has 4 saturated carbocycles. The van der Waals surface area contributed by atoms with Gasteiger partial charge in [0, 0.05) is 25.0 Å². The number of likely N-dealkylation sites (tertiary alicyclic amines) is 1. The highest BCUT2D eigenvalue weighted by molar-refractivity contribution is 5.93. The number of aromatic nitrogens is 2. The molecule has 0 amide bonds. The first-order valence-corrected chi connectivity index (χ1v) is 14.0. The van der Waals surface area contributed by atoms with Crippen LogP contribution in [-0.2, 0) is 0 Å². The lowest BCUT2D eigenvalue weighted by Gasteiger charge is -2.60. The number of fused-ring (bicyclic) bond motifs is 4. The first-order chi connectivity index (χ1) is 16.8. The molecule has 2 heterocycles. The minimum absolute atomic E-state index is 0.0877. The number of hydrogen-bond donors (Lipinski definition) is 0. The van der Waals surface area contributed by atoms with E-state index < -0.39 is 0 Å². The van der Waals surface area contributed by atoms with Gasteiger partial charge in [0.05, 0.1) is 11.0 Å². The van der Waals surface area contributed by atoms with Gasteiger partial charge in [-0.2, -0.15) is 0 Å². The Bertz CT molecular complexity index is 1200. The van der Waals surface area contributed by atoms with Gasteiger partial charge in [0.2, 0.25) is 0 Å². The van der Waals surface area contributed by atoms with Crippen LogP contribution in [0.1, 0.15) is 95.6 Å². The van der Waals surface area contributed by atoms with E-state index in [1.54, 1.807) is 0 Å². The maximum atomic E-state index is 13.5. The molecular formula is C30H41N3O2. The van der Waals surface area contributed by atoms with E-state index in [4.69, 9.17) is 0 Å². The van der Waals surface area contributed by atoms with Crippen LogP contribution in [0.5, 0.6) is 0 Å². The second-order valence-electron chi connectivity index (χ2n) is 12.7. The molecule has 1 unspecified atom stereocenters. The van der Waals surface area contributed by atoms with Crippen LogP contribution in [0.3, 0.4) is 0 Å². The Morgan fingerprint density at radius 2 is 1.89 bits per heavy atom. The second kappa shape index (κ2) is 8.54. The number of nitrogens with zero attached hydrogens (tertiary/aromatic N) is 3. The third kappa shape index (κ3) is 3.63. The molecule has 1 aromatic carbocycles. The lowest BCUT2D eigenvalue weighted by atomic mass is 9.45. The van der Waals surface area contributed by atoms with Gasteiger partial charge in [-0.25, -0.2) is 4.98 Å². The molecule has 4 aliphatic carbocycles. The predicted octanol–water partition coefficient (Wildman–Crippen LogP) is 5.87. The average Bonchev–Trinajstić information content (AvgIpc) is 2.94. The molecule has 0 radical (unpaired) electrons. The van der Waals surface area contributed by atoms with Crippen LogP contribution in [0, 0.1) is 29.1 Å². The quantitative estimate of drug-likeness (QED) is 0.508. The maximum absolute atomic E-state index is 13.5. The number of hydrogen-bond acceptors (Lipinski definition) is 4. The highest BCUT2D eigenvalue weighted by Gasteiger charge is 2.54. The van der Waals surface area contributed by atoms with Gasteiger partial charge in [-0.05, 0) is 99.6 Å². The molecule has 5 nitrogen and oxygen atoms in total. The highest BCUT2D eigenvalue weighted by Crippen LogP contribution is 2.62. The molecule has 35 heavy (non-hydrogen) atoms. The van der Waals surface area contributed by atoms with E-state index in [2.05, 4.69) is 30.7 Å². The lowest BCUT2D eigenvalue weighted by molar-refractivity contribution is -0.111. The summed E-state index contributed by atoms with van der Waals surface area (Å²) >= 11 is 0. The summed E-state index contributed by atoms with van der Waals surface area (Å²) in [6.45, 7) is 10.1. The van der Waals surface area contributed by atoms with Crippen molar-refractivity contribution in [3.8, 4) is 0 Å². The van der Waals surface area contributed by atoms with Crippen LogP contribution in [0.25, 0.3) is 11.0 Å². The maximum Gasteiger partial charge on any atom is 0.280 e. The third-order valence-corrected chi connectivity index (χ3v) is 10.8. The number of Topliss-reactive ketones (excluding diaryl/α,β-unsaturated/α-hetero) is 1. The first-order valence-electron chi connectivity index (χ1n) is 14.0. The minimum Gasteiger partial charge on any atom is -0.301 e. The summed E-state index contributed by atoms with van der Waals surface area (Å²) < 4.78 is 1.94. The fraction of sp³-hybridized carbons (Fsp3) is 0.700. The van der Waals surface area contributed by atoms with Gasteiger partial charge >= 0.3 is 0 Å². The minimum atomic E-state index is -0.241. The van der Waals surface area contributed by atoms with Crippen molar-refractivity contribution in [2.75, 3.05) is 6.54 Å². The summed E-state index contributed by atoms with van der Waals surface area (Å²) in [4.78, 5) is 33.0. The first kappa shape index (κ1) is 23.4. The van der Waals surface area contributed by atoms with Crippen molar-refractivity contribution < 1.29 is 4.79 Å². The molecule has 5 fully saturated rings. The number of ketones is 1. The summed E-state index contributed by atoms with van der Waals surface area (Å²) in [5, 5.41) is 0. The Morgan fingerprint density at radius 3 is 2.63 bits per heavy atom. The predicted molar refractivity (Wildman–Crippen MR) is 140 cm³/mol. The summed E-state index contributed by atoms with van der Waals surface area (Å²) in [6.07, 6.45) is 10.2. The van der Waals surface area contributed by atoms with Crippen LogP contribution < -0.4 is 5.56 Å². The van der Waals surface area contributed by atoms with Gasteiger partial charge in [0.1, 0.15) is 0 Å². The molecule has 0 spiro atoms. The van der Waals surface area contributed by atoms with Crippen molar-refractivity contribution in [1.29, 1.82) is 0 Å². The Balaban J connectivity index is 1.25. The smallest absolute Gasteiger partial charge is 0.280 e. The van der Waals surface area contributed by atoms with Crippen LogP contribution in [0.4, 0.5) is 0 Å². The van der Waals surface area contributed by atoms with E-state index in [1.807, 2.05) is 28.8 Å². The van der Waals surface area contributed by atoms with Crippen LogP contribution in [0.2, 0.25) is 0 Å². The third-order valence-electron chi connectivity index (χ3n) is 10.8. The van der Waals surface area contributed by atoms with E-state index in [9.17, 15) is 9.59 Å². The van der Waals surface area contributed by atoms with Crippen molar-refractivity contribution >= 4 is 16.8 Å². The van der Waals surface area contributed by atoms with Gasteiger partial charge < -0.3 is 4.57 Å². The van der Waals surface area contributed by atoms with Crippen molar-refractivity contribution in [1.82, 2.24) is 14.5 Å². The SMILES string of the molecule is CC(=O)c1nc2ccccc2n([C@@H]2C[C@@H]3C2CCC[C@H](C)N3CC[C@@H]2CC[C@H]3C[C@@H]2C3(C)C)c1=O. The standard InChI is InChI=1S/C30H41N3O2/c1-18-8-7-9-22-26(32(18)15-14-20-12-13-21-16-23(20)30(21,3)4)17-27(22)33-25-11-6-5-10-24(25)31-28(19(2)34)29(33)35/h5-6,10-11,18,20-23,26-27H,7-9,12-17H2,1-4H3/t18-,20-,21-,22?,23-,26+,27+/m0/s1. The Kier molecular flexibility index (Phi) is 5.71. The lowest BCUT2D eigenvalue weighted by Crippen LogP contribution is -2.57. The topological polar surface area (TPSA) is 55.2 Å². The summed E-state index contributed by atoms with van der Waals surface area (Å²) in [6, 6.07) is 9.14. The highest BCUT2D eigenvalue weighted by atomic mass is 16.1. The normalized spacial score (nSPS) is 36.1. The van der Waals surface area contributed by atoms with Gasteiger partial charge in [0.15, 0.2) is 11.5 Å². The number of carbonyl (C=O) groups is 1. The molecule has 5 heteroatoms. The molecule has 7 atom stereocenters. The monoisotopic (exact) mass is 475 g/mol. The molecule has 1 aromatic heterocycles. The molecule has 7 rings (SSSR count). The zero-order chi connectivity index (χ0) is 24.5. The van der Waals surface area contributed by atoms with Gasteiger partial charge in [-0.1, -0.05) is 32.4 Å². The van der Waals surface area contributed by atoms with Crippen LogP contribution in [0.15, 0.2) is 29.1 Å². The number of rotatable bonds is 5. The Labute approximate surface area is 209 Å². The van der Waals surface area contributed by atoms with Gasteiger partial charge in [0.25, 0.3) is 5.56 Å². The molecule has 2 bridgehead atoms. The van der Waals surface area contributed by atoms with Crippen molar-refractivity contribution in [3.05, 3.63) is 40.3 Å². The van der Waals surface area contributed by atoms with Crippen molar-refractivity contribution in [2.24, 2.45) is 29.1 Å². The van der Waals surface area contributed by atoms with Crippen molar-refractivity contribution in [3.63, 3.8) is 0 Å². The van der Waals surface area contributed by atoms with Gasteiger partial charge in [-0.15, -0.1) is 0 Å². The molecule has 0 N–H and O–H groups in total. The van der Waals surface area contributed by atoms with E-state index in [0.29, 0.717) is 23.4 Å². The number of para-hydroxylation sites is 2. The second-order valence-corrected chi connectivity index (χ2v) is 12.7. The largest absolute Gasteiger partial charge is 0.301 e. The molecule has 5 aliphatic rings. The van der Waals surface area contributed by atoms with Crippen molar-refractivity contribution in [2.45, 2.75) is 97.2 Å². The summed E-state index contributed by atoms with van der Waals surface area (Å²) in [5.74, 6) is 2.99. The molecular weight excluding hydrogens is 434 g/mol. The fourth-order valence-electron chi connectivity index (χ4n) is 8.58. The van der Waals surface area contributed by atoms with E-state index in [-0.39, 0.29) is 23.1 Å². The Morgan fingerprint density at radius 1 is 1.09 bits per heavy atom. The van der Waals surface area contributed by atoms with Gasteiger partial charge in [-0.3, -0.25) is 14.5 Å². The number of benzene rings is 1. The molecule has 2 aromatic rings. The zero-order valence-electron chi connectivity index (χ0n) is 21.9. The van der Waals surface area contributed by atoms with E-state index in [0.717, 1.165) is 41.6 Å². The van der Waals surface area contributed by atoms with E-state index >= 15 is 0 Å². The van der Waals surface area contributed by atoms with Crippen LogP contribution in [-0.4, -0.2) is 38.9 Å². The molecule has 1 saturated heterocycles. The summed E-state index contributed by atoms with van der Waals surface area (Å²) in [5.41, 5.74) is 2.06.